The van der Waals surface area contributed by atoms with Gasteiger partial charge in [-0.3, -0.25) is 9.59 Å². The first-order valence-electron chi connectivity index (χ1n) is 8.43. The van der Waals surface area contributed by atoms with E-state index in [9.17, 15) is 22.8 Å². The van der Waals surface area contributed by atoms with E-state index in [1.54, 1.807) is 11.0 Å². The van der Waals surface area contributed by atoms with Crippen molar-refractivity contribution in [1.29, 1.82) is 0 Å². The maximum absolute atomic E-state index is 12.7. The fourth-order valence-electron chi connectivity index (χ4n) is 3.02. The summed E-state index contributed by atoms with van der Waals surface area (Å²) in [6.07, 6.45) is -0.615. The van der Waals surface area contributed by atoms with Crippen molar-refractivity contribution < 1.29 is 27.2 Å². The molecule has 9 heteroatoms. The highest BCUT2D eigenvalue weighted by atomic mass is 19.4. The van der Waals surface area contributed by atoms with E-state index in [1.807, 2.05) is 0 Å². The first kappa shape index (κ1) is 18.9. The minimum absolute atomic E-state index is 0.0231. The predicted octanol–water partition coefficient (Wildman–Crippen LogP) is 3.04. The number of nitrogens with zero attached hydrogens (tertiary/aromatic N) is 2. The van der Waals surface area contributed by atoms with Crippen LogP contribution in [0, 0.1) is 6.92 Å². The maximum atomic E-state index is 12.7. The van der Waals surface area contributed by atoms with Crippen LogP contribution in [0.3, 0.4) is 0 Å². The molecule has 144 valence electrons. The topological polar surface area (TPSA) is 75.4 Å². The number of rotatable bonds is 3. The van der Waals surface area contributed by atoms with Gasteiger partial charge in [-0.2, -0.15) is 13.2 Å². The van der Waals surface area contributed by atoms with Gasteiger partial charge in [-0.05, 0) is 38.0 Å². The molecule has 0 saturated carbocycles. The van der Waals surface area contributed by atoms with Crippen molar-refractivity contribution in [2.75, 3.05) is 13.1 Å². The van der Waals surface area contributed by atoms with Crippen LogP contribution < -0.4 is 5.32 Å². The summed E-state index contributed by atoms with van der Waals surface area (Å²) in [5.41, 5.74) is -0.415. The highest BCUT2D eigenvalue weighted by Gasteiger charge is 2.33. The fourth-order valence-corrected chi connectivity index (χ4v) is 3.02. The number of piperidine rings is 1. The molecule has 0 atom stereocenters. The van der Waals surface area contributed by atoms with E-state index in [0.29, 0.717) is 31.5 Å². The van der Waals surface area contributed by atoms with E-state index in [1.165, 1.54) is 19.5 Å². The Bertz CT molecular complexity index is 826. The lowest BCUT2D eigenvalue weighted by Gasteiger charge is -2.32. The lowest BCUT2D eigenvalue weighted by Crippen LogP contribution is -2.46. The van der Waals surface area contributed by atoms with Gasteiger partial charge >= 0.3 is 6.18 Å². The van der Waals surface area contributed by atoms with Crippen LogP contribution >= 0.6 is 0 Å². The minimum Gasteiger partial charge on any atom is -0.472 e. The Kier molecular flexibility index (Phi) is 5.20. The molecule has 2 aromatic rings. The Morgan fingerprint density at radius 3 is 2.48 bits per heavy atom. The van der Waals surface area contributed by atoms with Crippen molar-refractivity contribution in [3.8, 4) is 0 Å². The third kappa shape index (κ3) is 4.29. The number of amides is 2. The molecule has 0 spiro atoms. The molecule has 3 rings (SSSR count). The Balaban J connectivity index is 1.57. The largest absolute Gasteiger partial charge is 0.472 e. The molecule has 0 bridgehead atoms. The van der Waals surface area contributed by atoms with Gasteiger partial charge in [0.25, 0.3) is 11.8 Å². The molecule has 0 aromatic carbocycles. The second-order valence-electron chi connectivity index (χ2n) is 6.38. The van der Waals surface area contributed by atoms with Gasteiger partial charge in [-0.15, -0.1) is 0 Å². The quantitative estimate of drug-likeness (QED) is 0.887. The molecule has 0 radical (unpaired) electrons. The van der Waals surface area contributed by atoms with E-state index in [2.05, 4.69) is 10.3 Å². The molecule has 0 unspecified atom stereocenters. The van der Waals surface area contributed by atoms with Gasteiger partial charge in [0.05, 0.1) is 23.1 Å². The summed E-state index contributed by atoms with van der Waals surface area (Å²) < 4.78 is 42.9. The van der Waals surface area contributed by atoms with Crippen LogP contribution in [-0.4, -0.2) is 40.8 Å². The lowest BCUT2D eigenvalue weighted by atomic mass is 10.0. The van der Waals surface area contributed by atoms with Crippen LogP contribution in [-0.2, 0) is 6.18 Å². The number of halogens is 3. The van der Waals surface area contributed by atoms with Crippen LogP contribution in [0.5, 0.6) is 0 Å². The number of carbonyl (C=O) groups is 2. The fraction of sp³-hybridized carbons (Fsp3) is 0.389. The van der Waals surface area contributed by atoms with Gasteiger partial charge in [0.1, 0.15) is 12.0 Å². The molecule has 0 aliphatic carbocycles. The Hall–Kier alpha value is -2.84. The molecule has 27 heavy (non-hydrogen) atoms. The summed E-state index contributed by atoms with van der Waals surface area (Å²) >= 11 is 0. The first-order valence-corrected chi connectivity index (χ1v) is 8.43. The van der Waals surface area contributed by atoms with Crippen molar-refractivity contribution in [3.63, 3.8) is 0 Å². The monoisotopic (exact) mass is 381 g/mol. The van der Waals surface area contributed by atoms with Gasteiger partial charge in [-0.1, -0.05) is 0 Å². The number of hydrogen-bond donors (Lipinski definition) is 1. The number of furan rings is 1. The molecular formula is C18H18F3N3O3. The van der Waals surface area contributed by atoms with Crippen LogP contribution in [0.1, 0.15) is 44.9 Å². The molecule has 1 aliphatic heterocycles. The zero-order chi connectivity index (χ0) is 19.6. The highest BCUT2D eigenvalue weighted by molar-refractivity contribution is 5.95. The van der Waals surface area contributed by atoms with Gasteiger partial charge in [0.2, 0.25) is 0 Å². The zero-order valence-corrected chi connectivity index (χ0v) is 14.5. The first-order chi connectivity index (χ1) is 12.8. The average Bonchev–Trinajstić information content (AvgIpc) is 3.15. The van der Waals surface area contributed by atoms with E-state index < -0.39 is 17.8 Å². The van der Waals surface area contributed by atoms with Gasteiger partial charge in [0, 0.05) is 19.1 Å². The van der Waals surface area contributed by atoms with E-state index in [4.69, 9.17) is 4.42 Å². The number of aromatic nitrogens is 1. The number of nitrogens with one attached hydrogen (secondary N) is 1. The molecular weight excluding hydrogens is 363 g/mol. The molecule has 1 saturated heterocycles. The van der Waals surface area contributed by atoms with Gasteiger partial charge < -0.3 is 14.6 Å². The molecule has 6 nitrogen and oxygen atoms in total. The second kappa shape index (κ2) is 7.42. The van der Waals surface area contributed by atoms with Crippen molar-refractivity contribution in [1.82, 2.24) is 15.2 Å². The molecule has 3 heterocycles. The normalized spacial score (nSPS) is 15.6. The number of likely N-dealkylation sites (tertiary alicyclic amines) is 1. The molecule has 2 amide bonds. The van der Waals surface area contributed by atoms with E-state index in [-0.39, 0.29) is 23.2 Å². The predicted molar refractivity (Wildman–Crippen MR) is 89.1 cm³/mol. The number of pyridine rings is 1. The van der Waals surface area contributed by atoms with Crippen LogP contribution in [0.25, 0.3) is 0 Å². The average molecular weight is 381 g/mol. The summed E-state index contributed by atoms with van der Waals surface area (Å²) in [7, 11) is 0. The summed E-state index contributed by atoms with van der Waals surface area (Å²) in [4.78, 5) is 29.8. The van der Waals surface area contributed by atoms with Crippen molar-refractivity contribution in [3.05, 3.63) is 53.2 Å². The molecule has 1 aliphatic rings. The molecule has 1 N–H and O–H groups in total. The van der Waals surface area contributed by atoms with E-state index >= 15 is 0 Å². The molecule has 1 fully saturated rings. The maximum Gasteiger partial charge on any atom is 0.433 e. The molecule has 2 aromatic heterocycles. The van der Waals surface area contributed by atoms with Crippen LogP contribution in [0.4, 0.5) is 13.2 Å². The third-order valence-corrected chi connectivity index (χ3v) is 4.51. The number of alkyl halides is 3. The Morgan fingerprint density at radius 2 is 1.93 bits per heavy atom. The van der Waals surface area contributed by atoms with Crippen molar-refractivity contribution in [2.45, 2.75) is 32.0 Å². The minimum atomic E-state index is -4.55. The van der Waals surface area contributed by atoms with Crippen LogP contribution in [0.15, 0.2) is 35.1 Å². The SMILES string of the molecule is Cc1nc(C(F)(F)F)ccc1C(=O)NC1CCN(C(=O)c2ccoc2)CC1. The van der Waals surface area contributed by atoms with Gasteiger partial charge in [0.15, 0.2) is 0 Å². The summed E-state index contributed by atoms with van der Waals surface area (Å²) in [6.45, 7) is 2.31. The van der Waals surface area contributed by atoms with Crippen LogP contribution in [0.2, 0.25) is 0 Å². The zero-order valence-electron chi connectivity index (χ0n) is 14.5. The highest BCUT2D eigenvalue weighted by Crippen LogP contribution is 2.28. The van der Waals surface area contributed by atoms with Crippen molar-refractivity contribution >= 4 is 11.8 Å². The Morgan fingerprint density at radius 1 is 1.22 bits per heavy atom. The van der Waals surface area contributed by atoms with Gasteiger partial charge in [-0.25, -0.2) is 4.98 Å². The third-order valence-electron chi connectivity index (χ3n) is 4.51. The summed E-state index contributed by atoms with van der Waals surface area (Å²) in [5, 5.41) is 2.81. The van der Waals surface area contributed by atoms with E-state index in [0.717, 1.165) is 12.1 Å². The second-order valence-corrected chi connectivity index (χ2v) is 6.38. The number of aryl methyl sites for hydroxylation is 1. The van der Waals surface area contributed by atoms with Crippen molar-refractivity contribution in [2.24, 2.45) is 0 Å². The lowest BCUT2D eigenvalue weighted by molar-refractivity contribution is -0.141. The number of carbonyl (C=O) groups excluding carboxylic acids is 2. The number of hydrogen-bond acceptors (Lipinski definition) is 4. The summed E-state index contributed by atoms with van der Waals surface area (Å²) in [5.74, 6) is -0.593. The standard InChI is InChI=1S/C18H18F3N3O3/c1-11-14(2-3-15(22-11)18(19,20)21)16(25)23-13-4-7-24(8-5-13)17(26)12-6-9-27-10-12/h2-3,6,9-10,13H,4-5,7-8H2,1H3,(H,23,25). The smallest absolute Gasteiger partial charge is 0.433 e. The Labute approximate surface area is 153 Å². The summed E-state index contributed by atoms with van der Waals surface area (Å²) in [6, 6.07) is 3.37.